The van der Waals surface area contributed by atoms with Crippen LogP contribution in [0.1, 0.15) is 10.4 Å². The van der Waals surface area contributed by atoms with Crippen molar-refractivity contribution in [1.82, 2.24) is 0 Å². The quantitative estimate of drug-likeness (QED) is 0.590. The summed E-state index contributed by atoms with van der Waals surface area (Å²) in [5.74, 6) is -1.31. The van der Waals surface area contributed by atoms with Gasteiger partial charge in [0.1, 0.15) is 12.2 Å². The van der Waals surface area contributed by atoms with Crippen LogP contribution in [0.4, 0.5) is 0 Å². The summed E-state index contributed by atoms with van der Waals surface area (Å²) < 4.78 is 14.4. The number of methoxy groups -OCH3 is 3. The van der Waals surface area contributed by atoms with E-state index in [1.54, 1.807) is 0 Å². The van der Waals surface area contributed by atoms with E-state index in [1.165, 1.54) is 21.3 Å². The third-order valence-corrected chi connectivity index (χ3v) is 2.18. The van der Waals surface area contributed by atoms with Crippen LogP contribution in [0.25, 0.3) is 0 Å². The molecule has 94 valence electrons. The van der Waals surface area contributed by atoms with Crippen LogP contribution >= 0.6 is 0 Å². The Balaban J connectivity index is 3.42. The summed E-state index contributed by atoms with van der Waals surface area (Å²) in [7, 11) is 3.94. The molecule has 0 saturated heterocycles. The lowest BCUT2D eigenvalue weighted by Gasteiger charge is -2.13. The van der Waals surface area contributed by atoms with Crippen LogP contribution in [-0.2, 0) is 4.74 Å². The van der Waals surface area contributed by atoms with Crippen molar-refractivity contribution in [3.05, 3.63) is 11.6 Å². The van der Waals surface area contributed by atoms with Gasteiger partial charge in [0, 0.05) is 13.2 Å². The maximum absolute atomic E-state index is 11.7. The Bertz CT molecular complexity index is 426. The van der Waals surface area contributed by atoms with Gasteiger partial charge in [0.25, 0.3) is 0 Å². The van der Waals surface area contributed by atoms with Gasteiger partial charge in [-0.1, -0.05) is 0 Å². The highest BCUT2D eigenvalue weighted by atomic mass is 16.5. The van der Waals surface area contributed by atoms with E-state index in [1.807, 2.05) is 0 Å². The van der Waals surface area contributed by atoms with E-state index in [9.17, 15) is 15.0 Å². The van der Waals surface area contributed by atoms with E-state index in [0.717, 1.165) is 6.07 Å². The Kier molecular flexibility index (Phi) is 4.17. The van der Waals surface area contributed by atoms with Gasteiger partial charge >= 0.3 is 0 Å². The molecule has 6 nitrogen and oxygen atoms in total. The molecule has 0 atom stereocenters. The Hall–Kier alpha value is -1.95. The summed E-state index contributed by atoms with van der Waals surface area (Å²) in [5, 5.41) is 19.5. The number of benzene rings is 1. The highest BCUT2D eigenvalue weighted by molar-refractivity contribution is 6.03. The molecule has 6 heteroatoms. The fourth-order valence-electron chi connectivity index (χ4n) is 1.44. The van der Waals surface area contributed by atoms with Crippen molar-refractivity contribution in [2.45, 2.75) is 0 Å². The van der Waals surface area contributed by atoms with Gasteiger partial charge in [0.2, 0.25) is 0 Å². The second-order valence-corrected chi connectivity index (χ2v) is 3.21. The lowest BCUT2D eigenvalue weighted by Crippen LogP contribution is -2.09. The molecule has 0 aliphatic carbocycles. The highest BCUT2D eigenvalue weighted by Crippen LogP contribution is 2.43. The Morgan fingerprint density at radius 3 is 2.35 bits per heavy atom. The molecule has 17 heavy (non-hydrogen) atoms. The highest BCUT2D eigenvalue weighted by Gasteiger charge is 2.24. The van der Waals surface area contributed by atoms with Gasteiger partial charge in [-0.3, -0.25) is 4.79 Å². The molecule has 1 aromatic carbocycles. The zero-order valence-corrected chi connectivity index (χ0v) is 9.81. The minimum atomic E-state index is -0.518. The van der Waals surface area contributed by atoms with Crippen LogP contribution in [0.3, 0.4) is 0 Å². The Labute approximate surface area is 98.3 Å². The van der Waals surface area contributed by atoms with Gasteiger partial charge < -0.3 is 24.4 Å². The van der Waals surface area contributed by atoms with Crippen LogP contribution in [0, 0.1) is 0 Å². The van der Waals surface area contributed by atoms with E-state index in [2.05, 4.69) is 4.74 Å². The predicted molar refractivity (Wildman–Crippen MR) is 59.1 cm³/mol. The molecule has 1 rings (SSSR count). The zero-order valence-electron chi connectivity index (χ0n) is 9.81. The zero-order chi connectivity index (χ0) is 13.0. The number of ether oxygens (including phenoxy) is 3. The first-order valence-electron chi connectivity index (χ1n) is 4.75. The summed E-state index contributed by atoms with van der Waals surface area (Å²) >= 11 is 0. The SMILES string of the molecule is COCC(=O)c1c(O)c(OC)cc(O)c1OC. The van der Waals surface area contributed by atoms with Gasteiger partial charge in [-0.05, 0) is 0 Å². The first-order valence-corrected chi connectivity index (χ1v) is 4.75. The molecule has 2 N–H and O–H groups in total. The molecule has 0 spiro atoms. The van der Waals surface area contributed by atoms with Gasteiger partial charge in [-0.25, -0.2) is 0 Å². The van der Waals surface area contributed by atoms with E-state index in [4.69, 9.17) is 9.47 Å². The topological polar surface area (TPSA) is 85.2 Å². The number of carbonyl (C=O) groups excluding carboxylic acids is 1. The van der Waals surface area contributed by atoms with Gasteiger partial charge in [0.15, 0.2) is 28.8 Å². The fraction of sp³-hybridized carbons (Fsp3) is 0.364. The van der Waals surface area contributed by atoms with E-state index in [0.29, 0.717) is 0 Å². The van der Waals surface area contributed by atoms with Gasteiger partial charge in [-0.15, -0.1) is 0 Å². The first-order chi connectivity index (χ1) is 8.06. The average Bonchev–Trinajstić information content (AvgIpc) is 2.31. The fourth-order valence-corrected chi connectivity index (χ4v) is 1.44. The first kappa shape index (κ1) is 13.1. The Morgan fingerprint density at radius 2 is 1.88 bits per heavy atom. The molecule has 0 saturated carbocycles. The van der Waals surface area contributed by atoms with Crippen molar-refractivity contribution in [2.24, 2.45) is 0 Å². The van der Waals surface area contributed by atoms with Crippen LogP contribution < -0.4 is 9.47 Å². The number of phenolic OH excluding ortho intramolecular Hbond substituents is 2. The predicted octanol–water partition coefficient (Wildman–Crippen LogP) is 0.944. The number of ketones is 1. The van der Waals surface area contributed by atoms with Crippen molar-refractivity contribution in [3.63, 3.8) is 0 Å². The molecule has 0 radical (unpaired) electrons. The number of Topliss-reactive ketones (excluding diaryl/α,β-unsaturated/α-hetero) is 1. The maximum Gasteiger partial charge on any atom is 0.196 e. The molecule has 1 aromatic rings. The molecule has 0 aliphatic heterocycles. The summed E-state index contributed by atoms with van der Waals surface area (Å²) in [5.41, 5.74) is -0.161. The number of phenols is 2. The summed E-state index contributed by atoms with van der Waals surface area (Å²) in [4.78, 5) is 11.7. The standard InChI is InChI=1S/C11H14O6/c1-15-5-7(13)9-10(14)8(16-2)4-6(12)11(9)17-3/h4,12,14H,5H2,1-3H3. The number of hydrogen-bond acceptors (Lipinski definition) is 6. The molecule has 0 unspecified atom stereocenters. The van der Waals surface area contributed by atoms with E-state index in [-0.39, 0.29) is 35.2 Å². The third-order valence-electron chi connectivity index (χ3n) is 2.18. The van der Waals surface area contributed by atoms with Crippen LogP contribution in [0.5, 0.6) is 23.0 Å². The molecular formula is C11H14O6. The van der Waals surface area contributed by atoms with E-state index < -0.39 is 5.78 Å². The molecule has 0 bridgehead atoms. The number of carbonyl (C=O) groups is 1. The van der Waals surface area contributed by atoms with Crippen LogP contribution in [0.15, 0.2) is 6.07 Å². The van der Waals surface area contributed by atoms with Crippen molar-refractivity contribution in [2.75, 3.05) is 27.9 Å². The summed E-state index contributed by atoms with van der Waals surface area (Å²) in [6.45, 7) is -0.240. The smallest absolute Gasteiger partial charge is 0.196 e. The molecule has 0 fully saturated rings. The van der Waals surface area contributed by atoms with Crippen molar-refractivity contribution >= 4 is 5.78 Å². The number of hydrogen-bond donors (Lipinski definition) is 2. The largest absolute Gasteiger partial charge is 0.504 e. The lowest BCUT2D eigenvalue weighted by atomic mass is 10.1. The number of rotatable bonds is 5. The minimum Gasteiger partial charge on any atom is -0.504 e. The minimum absolute atomic E-state index is 0.0113. The average molecular weight is 242 g/mol. The summed E-state index contributed by atoms with van der Waals surface area (Å²) in [6, 6.07) is 1.16. The van der Waals surface area contributed by atoms with Crippen molar-refractivity contribution < 1.29 is 29.2 Å². The molecule has 0 heterocycles. The maximum atomic E-state index is 11.7. The normalized spacial score (nSPS) is 10.1. The second-order valence-electron chi connectivity index (χ2n) is 3.21. The molecule has 0 aromatic heterocycles. The molecule has 0 aliphatic rings. The third kappa shape index (κ3) is 2.42. The van der Waals surface area contributed by atoms with Crippen LogP contribution in [0.2, 0.25) is 0 Å². The van der Waals surface area contributed by atoms with Crippen molar-refractivity contribution in [1.29, 1.82) is 0 Å². The number of aromatic hydroxyl groups is 2. The van der Waals surface area contributed by atoms with Gasteiger partial charge in [0.05, 0.1) is 14.2 Å². The monoisotopic (exact) mass is 242 g/mol. The Morgan fingerprint density at radius 1 is 1.24 bits per heavy atom. The van der Waals surface area contributed by atoms with E-state index >= 15 is 0 Å². The molecular weight excluding hydrogens is 228 g/mol. The van der Waals surface area contributed by atoms with Crippen LogP contribution in [-0.4, -0.2) is 43.9 Å². The van der Waals surface area contributed by atoms with Gasteiger partial charge in [-0.2, -0.15) is 0 Å². The lowest BCUT2D eigenvalue weighted by molar-refractivity contribution is 0.0840. The van der Waals surface area contributed by atoms with Crippen molar-refractivity contribution in [3.8, 4) is 23.0 Å². The molecule has 0 amide bonds. The second kappa shape index (κ2) is 5.40. The summed E-state index contributed by atoms with van der Waals surface area (Å²) in [6.07, 6.45) is 0.